The van der Waals surface area contributed by atoms with Crippen LogP contribution in [0.2, 0.25) is 0 Å². The Labute approximate surface area is 130 Å². The van der Waals surface area contributed by atoms with Crippen molar-refractivity contribution in [2.24, 2.45) is 0 Å². The van der Waals surface area contributed by atoms with Crippen LogP contribution in [0.25, 0.3) is 0 Å². The van der Waals surface area contributed by atoms with Gasteiger partial charge in [-0.15, -0.1) is 0 Å². The molecule has 0 spiro atoms. The molecule has 0 aliphatic heterocycles. The molecule has 0 aromatic heterocycles. The molecule has 1 atom stereocenters. The summed E-state index contributed by atoms with van der Waals surface area (Å²) in [4.78, 5) is 10.9. The summed E-state index contributed by atoms with van der Waals surface area (Å²) < 4.78 is 5.02. The second kappa shape index (κ2) is 6.98. The molecular formula is C18H20O4. The summed E-state index contributed by atoms with van der Waals surface area (Å²) in [5, 5.41) is 19.9. The van der Waals surface area contributed by atoms with E-state index in [0.29, 0.717) is 13.0 Å². The molecule has 2 aromatic carbocycles. The number of phenols is 2. The summed E-state index contributed by atoms with van der Waals surface area (Å²) in [6.07, 6.45) is 0.437. The Morgan fingerprint density at radius 2 is 1.77 bits per heavy atom. The molecule has 0 amide bonds. The maximum atomic E-state index is 10.9. The molecule has 2 aromatic rings. The van der Waals surface area contributed by atoms with Crippen molar-refractivity contribution in [3.8, 4) is 11.5 Å². The summed E-state index contributed by atoms with van der Waals surface area (Å²) in [5.74, 6) is 0.125. The van der Waals surface area contributed by atoms with Crippen LogP contribution in [0.3, 0.4) is 0 Å². The van der Waals surface area contributed by atoms with Gasteiger partial charge in [-0.25, -0.2) is 0 Å². The van der Waals surface area contributed by atoms with Crippen LogP contribution in [0.4, 0.5) is 0 Å². The van der Waals surface area contributed by atoms with E-state index in [9.17, 15) is 15.0 Å². The smallest absolute Gasteiger partial charge is 0.302 e. The number of carbonyl (C=O) groups is 1. The second-order valence-corrected chi connectivity index (χ2v) is 5.40. The lowest BCUT2D eigenvalue weighted by atomic mass is 9.96. The summed E-state index contributed by atoms with van der Waals surface area (Å²) in [6, 6.07) is 12.4. The number of rotatable bonds is 5. The zero-order chi connectivity index (χ0) is 16.1. The average molecular weight is 300 g/mol. The van der Waals surface area contributed by atoms with Gasteiger partial charge in [0.1, 0.15) is 11.5 Å². The topological polar surface area (TPSA) is 66.8 Å². The first-order chi connectivity index (χ1) is 10.5. The van der Waals surface area contributed by atoms with Crippen molar-refractivity contribution in [3.05, 3.63) is 59.2 Å². The van der Waals surface area contributed by atoms with Gasteiger partial charge >= 0.3 is 5.97 Å². The van der Waals surface area contributed by atoms with Gasteiger partial charge in [0, 0.05) is 19.3 Å². The van der Waals surface area contributed by atoms with Gasteiger partial charge in [-0.2, -0.15) is 0 Å². The first-order valence-electron chi connectivity index (χ1n) is 7.19. The first kappa shape index (κ1) is 15.9. The lowest BCUT2D eigenvalue weighted by Crippen LogP contribution is -2.08. The summed E-state index contributed by atoms with van der Waals surface area (Å²) >= 11 is 0. The van der Waals surface area contributed by atoms with E-state index in [0.717, 1.165) is 16.7 Å². The van der Waals surface area contributed by atoms with E-state index in [4.69, 9.17) is 4.74 Å². The predicted octanol–water partition coefficient (Wildman–Crippen LogP) is 3.36. The van der Waals surface area contributed by atoms with Gasteiger partial charge < -0.3 is 14.9 Å². The molecule has 0 saturated carbocycles. The third-order valence-corrected chi connectivity index (χ3v) is 3.58. The number of benzene rings is 2. The molecular weight excluding hydrogens is 280 g/mol. The molecule has 0 radical (unpaired) electrons. The standard InChI is InChI=1S/C18H20O4/c1-12(11-22-13(2)19)14-7-8-18(21)16(9-14)10-15-5-3-4-6-17(15)20/h3-9,12,20-21H,10-11H2,1-2H3. The largest absolute Gasteiger partial charge is 0.508 e. The minimum atomic E-state index is -0.306. The number of para-hydroxylation sites is 1. The van der Waals surface area contributed by atoms with Crippen molar-refractivity contribution in [1.82, 2.24) is 0 Å². The zero-order valence-electron chi connectivity index (χ0n) is 12.7. The van der Waals surface area contributed by atoms with Crippen molar-refractivity contribution in [1.29, 1.82) is 0 Å². The van der Waals surface area contributed by atoms with Crippen LogP contribution in [0.15, 0.2) is 42.5 Å². The van der Waals surface area contributed by atoms with Gasteiger partial charge in [-0.3, -0.25) is 4.79 Å². The molecule has 4 nitrogen and oxygen atoms in total. The van der Waals surface area contributed by atoms with E-state index >= 15 is 0 Å². The minimum absolute atomic E-state index is 0.0348. The Hall–Kier alpha value is -2.49. The highest BCUT2D eigenvalue weighted by atomic mass is 16.5. The van der Waals surface area contributed by atoms with E-state index in [1.807, 2.05) is 31.2 Å². The molecule has 116 valence electrons. The number of esters is 1. The van der Waals surface area contributed by atoms with E-state index in [-0.39, 0.29) is 23.4 Å². The van der Waals surface area contributed by atoms with Crippen LogP contribution >= 0.6 is 0 Å². The Morgan fingerprint density at radius 3 is 2.45 bits per heavy atom. The maximum absolute atomic E-state index is 10.9. The van der Waals surface area contributed by atoms with Gasteiger partial charge in [0.05, 0.1) is 6.61 Å². The number of ether oxygens (including phenoxy) is 1. The molecule has 0 aliphatic rings. The molecule has 1 unspecified atom stereocenters. The van der Waals surface area contributed by atoms with Crippen LogP contribution in [0, 0.1) is 0 Å². The fraction of sp³-hybridized carbons (Fsp3) is 0.278. The molecule has 0 aliphatic carbocycles. The summed E-state index contributed by atoms with van der Waals surface area (Å²) in [5.41, 5.74) is 2.46. The van der Waals surface area contributed by atoms with Crippen LogP contribution in [0.5, 0.6) is 11.5 Å². The number of hydrogen-bond acceptors (Lipinski definition) is 4. The van der Waals surface area contributed by atoms with Gasteiger partial charge in [0.15, 0.2) is 0 Å². The molecule has 2 rings (SSSR count). The minimum Gasteiger partial charge on any atom is -0.508 e. The molecule has 0 fully saturated rings. The normalized spacial score (nSPS) is 11.9. The third-order valence-electron chi connectivity index (χ3n) is 3.58. The highest BCUT2D eigenvalue weighted by molar-refractivity contribution is 5.65. The van der Waals surface area contributed by atoms with Crippen LogP contribution in [0.1, 0.15) is 36.5 Å². The quantitative estimate of drug-likeness (QED) is 0.831. The van der Waals surface area contributed by atoms with Gasteiger partial charge in [0.2, 0.25) is 0 Å². The van der Waals surface area contributed by atoms with Crippen molar-refractivity contribution < 1.29 is 19.7 Å². The van der Waals surface area contributed by atoms with Crippen LogP contribution in [-0.4, -0.2) is 22.8 Å². The first-order valence-corrected chi connectivity index (χ1v) is 7.19. The Balaban J connectivity index is 2.20. The van der Waals surface area contributed by atoms with Gasteiger partial charge in [-0.1, -0.05) is 37.3 Å². The number of hydrogen-bond donors (Lipinski definition) is 2. The molecule has 0 heterocycles. The van der Waals surface area contributed by atoms with Crippen LogP contribution in [-0.2, 0) is 16.0 Å². The van der Waals surface area contributed by atoms with Crippen molar-refractivity contribution in [2.45, 2.75) is 26.2 Å². The van der Waals surface area contributed by atoms with Crippen molar-refractivity contribution in [2.75, 3.05) is 6.61 Å². The monoisotopic (exact) mass is 300 g/mol. The van der Waals surface area contributed by atoms with E-state index in [1.54, 1.807) is 18.2 Å². The zero-order valence-corrected chi connectivity index (χ0v) is 12.7. The van der Waals surface area contributed by atoms with Crippen molar-refractivity contribution >= 4 is 5.97 Å². The Kier molecular flexibility index (Phi) is 5.04. The number of aromatic hydroxyl groups is 2. The van der Waals surface area contributed by atoms with Crippen molar-refractivity contribution in [3.63, 3.8) is 0 Å². The fourth-order valence-corrected chi connectivity index (χ4v) is 2.26. The molecule has 2 N–H and O–H groups in total. The molecule has 4 heteroatoms. The Morgan fingerprint density at radius 1 is 1.09 bits per heavy atom. The lowest BCUT2D eigenvalue weighted by Gasteiger charge is -2.14. The van der Waals surface area contributed by atoms with Crippen LogP contribution < -0.4 is 0 Å². The third kappa shape index (κ3) is 4.01. The predicted molar refractivity (Wildman–Crippen MR) is 84.1 cm³/mol. The highest BCUT2D eigenvalue weighted by Gasteiger charge is 2.12. The summed E-state index contributed by atoms with van der Waals surface area (Å²) in [7, 11) is 0. The van der Waals surface area contributed by atoms with E-state index in [1.165, 1.54) is 6.92 Å². The number of phenolic OH excluding ortho intramolecular Hbond substituents is 2. The molecule has 22 heavy (non-hydrogen) atoms. The lowest BCUT2D eigenvalue weighted by molar-refractivity contribution is -0.141. The maximum Gasteiger partial charge on any atom is 0.302 e. The summed E-state index contributed by atoms with van der Waals surface area (Å²) in [6.45, 7) is 3.64. The molecule has 0 saturated heterocycles. The average Bonchev–Trinajstić information content (AvgIpc) is 2.49. The van der Waals surface area contributed by atoms with Gasteiger partial charge in [-0.05, 0) is 28.8 Å². The Bertz CT molecular complexity index is 664. The fourth-order valence-electron chi connectivity index (χ4n) is 2.26. The molecule has 0 bridgehead atoms. The SMILES string of the molecule is CC(=O)OCC(C)c1ccc(O)c(Cc2ccccc2O)c1. The second-order valence-electron chi connectivity index (χ2n) is 5.40. The number of carbonyl (C=O) groups excluding carboxylic acids is 1. The highest BCUT2D eigenvalue weighted by Crippen LogP contribution is 2.28. The van der Waals surface area contributed by atoms with Gasteiger partial charge in [0.25, 0.3) is 0 Å². The van der Waals surface area contributed by atoms with E-state index < -0.39 is 0 Å². The van der Waals surface area contributed by atoms with E-state index in [2.05, 4.69) is 0 Å².